The maximum Gasteiger partial charge on any atom is 0.238 e. The van der Waals surface area contributed by atoms with E-state index in [4.69, 9.17) is 24.4 Å². The maximum atomic E-state index is 6.26. The number of fused-ring (bicyclic) bond motifs is 9. The van der Waals surface area contributed by atoms with Crippen molar-refractivity contribution < 1.29 is 4.42 Å². The number of pyridine rings is 1. The molecule has 0 atom stereocenters. The summed E-state index contributed by atoms with van der Waals surface area (Å²) in [5, 5.41) is 8.76. The van der Waals surface area contributed by atoms with Crippen molar-refractivity contribution in [2.45, 2.75) is 0 Å². The van der Waals surface area contributed by atoms with Gasteiger partial charge < -0.3 is 4.42 Å². The summed E-state index contributed by atoms with van der Waals surface area (Å²) >= 11 is 0. The zero-order chi connectivity index (χ0) is 34.2. The van der Waals surface area contributed by atoms with Crippen LogP contribution in [0.3, 0.4) is 0 Å². The summed E-state index contributed by atoms with van der Waals surface area (Å²) in [5.41, 5.74) is 7.47. The smallest absolute Gasteiger partial charge is 0.238 e. The van der Waals surface area contributed by atoms with Crippen LogP contribution in [0.1, 0.15) is 0 Å². The van der Waals surface area contributed by atoms with E-state index in [0.717, 1.165) is 60.1 Å². The molecular weight excluding hydrogens is 639 g/mol. The Morgan fingerprint density at radius 3 is 2.00 bits per heavy atom. The predicted molar refractivity (Wildman–Crippen MR) is 211 cm³/mol. The van der Waals surface area contributed by atoms with Gasteiger partial charge in [-0.05, 0) is 69.1 Å². The van der Waals surface area contributed by atoms with Gasteiger partial charge in [-0.2, -0.15) is 9.97 Å². The van der Waals surface area contributed by atoms with Crippen LogP contribution in [0, 0.1) is 0 Å². The highest BCUT2D eigenvalue weighted by molar-refractivity contribution is 6.21. The monoisotopic (exact) mass is 665 g/mol. The van der Waals surface area contributed by atoms with Gasteiger partial charge in [0.25, 0.3) is 0 Å². The number of hydrogen-bond donors (Lipinski definition) is 0. The molecule has 0 amide bonds. The van der Waals surface area contributed by atoms with Crippen LogP contribution in [0.15, 0.2) is 168 Å². The van der Waals surface area contributed by atoms with Gasteiger partial charge in [0.2, 0.25) is 5.95 Å². The van der Waals surface area contributed by atoms with E-state index in [1.807, 2.05) is 30.3 Å². The Labute approximate surface area is 297 Å². The molecule has 11 aromatic rings. The lowest BCUT2D eigenvalue weighted by Crippen LogP contribution is -2.07. The standard InChI is InChI=1S/C46H27N5O/c1-2-10-28(11-3-1)30-18-19-32-27-33(21-20-31(32)26-30)44-48-45(43-42-36-15-7-9-17-39(36)52-40(42)24-25-47-43)50-46(49-44)51-37-16-8-6-14-35(37)41-34-13-5-4-12-29(34)22-23-38(41)51/h1-27H. The van der Waals surface area contributed by atoms with E-state index in [1.54, 1.807) is 6.20 Å². The van der Waals surface area contributed by atoms with Crippen LogP contribution in [-0.4, -0.2) is 24.5 Å². The topological polar surface area (TPSA) is 69.6 Å². The Balaban J connectivity index is 1.19. The molecule has 0 aliphatic rings. The third-order valence-corrected chi connectivity index (χ3v) is 10.1. The first kappa shape index (κ1) is 28.6. The van der Waals surface area contributed by atoms with Crippen molar-refractivity contribution in [2.75, 3.05) is 0 Å². The van der Waals surface area contributed by atoms with Gasteiger partial charge >= 0.3 is 0 Å². The van der Waals surface area contributed by atoms with Crippen LogP contribution in [0.25, 0.3) is 105 Å². The summed E-state index contributed by atoms with van der Waals surface area (Å²) in [6.07, 6.45) is 1.76. The molecule has 0 bridgehead atoms. The summed E-state index contributed by atoms with van der Waals surface area (Å²) in [6, 6.07) is 54.7. The minimum atomic E-state index is 0.475. The van der Waals surface area contributed by atoms with Crippen molar-refractivity contribution >= 4 is 65.3 Å². The quantitative estimate of drug-likeness (QED) is 0.187. The molecule has 4 aromatic heterocycles. The van der Waals surface area contributed by atoms with Gasteiger partial charge in [-0.15, -0.1) is 0 Å². The Morgan fingerprint density at radius 1 is 0.423 bits per heavy atom. The Morgan fingerprint density at radius 2 is 1.12 bits per heavy atom. The van der Waals surface area contributed by atoms with E-state index in [9.17, 15) is 0 Å². The molecule has 0 N–H and O–H groups in total. The summed E-state index contributed by atoms with van der Waals surface area (Å²) < 4.78 is 8.42. The Kier molecular flexibility index (Phi) is 6.15. The molecule has 6 heteroatoms. The molecule has 0 saturated heterocycles. The second-order valence-corrected chi connectivity index (χ2v) is 13.1. The summed E-state index contributed by atoms with van der Waals surface area (Å²) in [7, 11) is 0. The van der Waals surface area contributed by atoms with Crippen LogP contribution in [-0.2, 0) is 0 Å². The van der Waals surface area contributed by atoms with Crippen molar-refractivity contribution in [1.82, 2.24) is 24.5 Å². The normalized spacial score (nSPS) is 11.8. The maximum absolute atomic E-state index is 6.26. The van der Waals surface area contributed by atoms with Crippen LogP contribution in [0.4, 0.5) is 0 Å². The zero-order valence-corrected chi connectivity index (χ0v) is 27.7. The van der Waals surface area contributed by atoms with E-state index in [1.165, 1.54) is 21.9 Å². The fourth-order valence-corrected chi connectivity index (χ4v) is 7.69. The van der Waals surface area contributed by atoms with Gasteiger partial charge in [-0.25, -0.2) is 4.98 Å². The first-order chi connectivity index (χ1) is 25.8. The van der Waals surface area contributed by atoms with E-state index in [-0.39, 0.29) is 0 Å². The van der Waals surface area contributed by atoms with E-state index >= 15 is 0 Å². The number of aromatic nitrogens is 5. The van der Waals surface area contributed by atoms with Crippen LogP contribution in [0.2, 0.25) is 0 Å². The summed E-state index contributed by atoms with van der Waals surface area (Å²) in [5.74, 6) is 1.56. The Hall–Kier alpha value is -7.18. The zero-order valence-electron chi connectivity index (χ0n) is 27.7. The van der Waals surface area contributed by atoms with Crippen molar-refractivity contribution in [2.24, 2.45) is 0 Å². The molecule has 242 valence electrons. The Bertz CT molecular complexity index is 3200. The number of furan rings is 1. The summed E-state index contributed by atoms with van der Waals surface area (Å²) in [4.78, 5) is 20.5. The molecule has 6 nitrogen and oxygen atoms in total. The van der Waals surface area contributed by atoms with Crippen LogP contribution >= 0.6 is 0 Å². The second-order valence-electron chi connectivity index (χ2n) is 13.1. The molecule has 52 heavy (non-hydrogen) atoms. The average Bonchev–Trinajstić information content (AvgIpc) is 3.77. The lowest BCUT2D eigenvalue weighted by Gasteiger charge is -2.12. The largest absolute Gasteiger partial charge is 0.456 e. The average molecular weight is 666 g/mol. The molecule has 0 saturated carbocycles. The fourth-order valence-electron chi connectivity index (χ4n) is 7.69. The van der Waals surface area contributed by atoms with Crippen molar-refractivity contribution in [1.29, 1.82) is 0 Å². The second kappa shape index (κ2) is 11.2. The molecule has 0 spiro atoms. The summed E-state index contributed by atoms with van der Waals surface area (Å²) in [6.45, 7) is 0. The molecular formula is C46H27N5O. The van der Waals surface area contributed by atoms with Gasteiger partial charge in [0, 0.05) is 27.9 Å². The fraction of sp³-hybridized carbons (Fsp3) is 0. The van der Waals surface area contributed by atoms with Gasteiger partial charge in [0.1, 0.15) is 16.9 Å². The third-order valence-electron chi connectivity index (χ3n) is 10.1. The van der Waals surface area contributed by atoms with E-state index in [0.29, 0.717) is 23.3 Å². The minimum absolute atomic E-state index is 0.475. The van der Waals surface area contributed by atoms with Gasteiger partial charge in [-0.1, -0.05) is 121 Å². The molecule has 4 heterocycles. The molecule has 0 radical (unpaired) electrons. The van der Waals surface area contributed by atoms with Crippen molar-refractivity contribution in [3.63, 3.8) is 0 Å². The molecule has 7 aromatic carbocycles. The number of rotatable bonds is 4. The SMILES string of the molecule is c1ccc(-c2ccc3cc(-c4nc(-c5nccc6oc7ccccc7c56)nc(-n5c6ccccc6c6c7ccccc7ccc65)n4)ccc3c2)cc1. The van der Waals surface area contributed by atoms with Crippen LogP contribution in [0.5, 0.6) is 0 Å². The number of benzene rings is 7. The number of para-hydroxylation sites is 2. The first-order valence-corrected chi connectivity index (χ1v) is 17.3. The highest BCUT2D eigenvalue weighted by Crippen LogP contribution is 2.38. The molecule has 11 rings (SSSR count). The van der Waals surface area contributed by atoms with Crippen LogP contribution < -0.4 is 0 Å². The predicted octanol–water partition coefficient (Wildman–Crippen LogP) is 11.6. The highest BCUT2D eigenvalue weighted by Gasteiger charge is 2.22. The van der Waals surface area contributed by atoms with Gasteiger partial charge in [0.05, 0.1) is 16.4 Å². The van der Waals surface area contributed by atoms with Gasteiger partial charge in [0.15, 0.2) is 11.6 Å². The molecule has 0 aliphatic carbocycles. The van der Waals surface area contributed by atoms with Gasteiger partial charge in [-0.3, -0.25) is 9.55 Å². The lowest BCUT2D eigenvalue weighted by molar-refractivity contribution is 0.668. The molecule has 0 unspecified atom stereocenters. The van der Waals surface area contributed by atoms with Crippen molar-refractivity contribution in [3.8, 4) is 40.0 Å². The van der Waals surface area contributed by atoms with Crippen molar-refractivity contribution in [3.05, 3.63) is 164 Å². The molecule has 0 aliphatic heterocycles. The number of hydrogen-bond acceptors (Lipinski definition) is 5. The third kappa shape index (κ3) is 4.38. The highest BCUT2D eigenvalue weighted by atomic mass is 16.3. The first-order valence-electron chi connectivity index (χ1n) is 17.3. The van der Waals surface area contributed by atoms with E-state index < -0.39 is 0 Å². The lowest BCUT2D eigenvalue weighted by atomic mass is 10.00. The van der Waals surface area contributed by atoms with E-state index in [2.05, 4.69) is 132 Å². The number of nitrogens with zero attached hydrogens (tertiary/aromatic N) is 5. The molecule has 0 fully saturated rings. The minimum Gasteiger partial charge on any atom is -0.456 e.